The maximum atomic E-state index is 2.45. The van der Waals surface area contributed by atoms with E-state index in [4.69, 9.17) is 0 Å². The Hall–Kier alpha value is -5.98. The molecular formula is C49H34. The van der Waals surface area contributed by atoms with Crippen LogP contribution in [0.4, 0.5) is 0 Å². The van der Waals surface area contributed by atoms with Gasteiger partial charge in [0, 0.05) is 5.41 Å². The molecule has 0 aliphatic heterocycles. The molecule has 0 unspecified atom stereocenters. The number of benzene rings is 9. The largest absolute Gasteiger partial charge is 0.0622 e. The normalized spacial score (nSPS) is 13.3. The molecule has 0 spiro atoms. The number of rotatable bonds is 3. The summed E-state index contributed by atoms with van der Waals surface area (Å²) in [7, 11) is 0. The van der Waals surface area contributed by atoms with Gasteiger partial charge in [-0.15, -0.1) is 0 Å². The monoisotopic (exact) mass is 622 g/mol. The summed E-state index contributed by atoms with van der Waals surface area (Å²) < 4.78 is 0. The third-order valence-electron chi connectivity index (χ3n) is 11.1. The van der Waals surface area contributed by atoms with Crippen molar-refractivity contribution in [1.82, 2.24) is 0 Å². The molecule has 9 aromatic rings. The van der Waals surface area contributed by atoms with Crippen LogP contribution in [0.25, 0.3) is 87.6 Å². The van der Waals surface area contributed by atoms with Gasteiger partial charge in [-0.25, -0.2) is 0 Å². The van der Waals surface area contributed by atoms with E-state index >= 15 is 0 Å². The maximum absolute atomic E-state index is 2.45. The molecule has 0 amide bonds. The Morgan fingerprint density at radius 3 is 1.22 bits per heavy atom. The summed E-state index contributed by atoms with van der Waals surface area (Å²) >= 11 is 0. The van der Waals surface area contributed by atoms with E-state index in [0.717, 1.165) is 0 Å². The van der Waals surface area contributed by atoms with Crippen LogP contribution in [-0.4, -0.2) is 0 Å². The summed E-state index contributed by atoms with van der Waals surface area (Å²) in [6.07, 6.45) is 0. The summed E-state index contributed by atoms with van der Waals surface area (Å²) in [5.41, 5.74) is 13.0. The summed E-state index contributed by atoms with van der Waals surface area (Å²) in [4.78, 5) is 0. The van der Waals surface area contributed by atoms with Crippen molar-refractivity contribution >= 4 is 43.1 Å². The second-order valence-electron chi connectivity index (χ2n) is 14.1. The van der Waals surface area contributed by atoms with Crippen molar-refractivity contribution in [1.29, 1.82) is 0 Å². The average Bonchev–Trinajstić information content (AvgIpc) is 3.39. The van der Waals surface area contributed by atoms with Crippen LogP contribution in [0.5, 0.6) is 0 Å². The molecule has 0 saturated carbocycles. The van der Waals surface area contributed by atoms with E-state index in [1.54, 1.807) is 0 Å². The summed E-state index contributed by atoms with van der Waals surface area (Å²) in [6.45, 7) is 4.76. The zero-order chi connectivity index (χ0) is 32.7. The highest BCUT2D eigenvalue weighted by Crippen LogP contribution is 2.51. The van der Waals surface area contributed by atoms with Gasteiger partial charge in [-0.3, -0.25) is 0 Å². The average molecular weight is 623 g/mol. The van der Waals surface area contributed by atoms with Gasteiger partial charge in [0.2, 0.25) is 0 Å². The Kier molecular flexibility index (Phi) is 6.02. The predicted octanol–water partition coefficient (Wildman–Crippen LogP) is 13.6. The Morgan fingerprint density at radius 1 is 0.265 bits per heavy atom. The SMILES string of the molecule is CC1(C)c2cc(-c3ccccc3)ccc2-c2ccc(-c3ccc(-c4ccc5c6ccccc6c6ccccc6c5c4)c4ccccc34)cc21. The highest BCUT2D eigenvalue weighted by Gasteiger charge is 2.36. The fourth-order valence-corrected chi connectivity index (χ4v) is 8.59. The van der Waals surface area contributed by atoms with Gasteiger partial charge in [-0.05, 0) is 117 Å². The molecule has 0 nitrogen and oxygen atoms in total. The van der Waals surface area contributed by atoms with Crippen LogP contribution in [0.3, 0.4) is 0 Å². The molecule has 0 heterocycles. The van der Waals surface area contributed by atoms with Gasteiger partial charge in [-0.2, -0.15) is 0 Å². The third-order valence-corrected chi connectivity index (χ3v) is 11.1. The van der Waals surface area contributed by atoms with Crippen molar-refractivity contribution in [3.63, 3.8) is 0 Å². The van der Waals surface area contributed by atoms with Crippen LogP contribution < -0.4 is 0 Å². The number of fused-ring (bicyclic) bond motifs is 10. The topological polar surface area (TPSA) is 0 Å². The number of hydrogen-bond acceptors (Lipinski definition) is 0. The maximum Gasteiger partial charge on any atom is 0.0159 e. The van der Waals surface area contributed by atoms with Crippen molar-refractivity contribution in [3.05, 3.63) is 181 Å². The highest BCUT2D eigenvalue weighted by molar-refractivity contribution is 6.26. The molecule has 0 atom stereocenters. The van der Waals surface area contributed by atoms with Crippen LogP contribution >= 0.6 is 0 Å². The minimum Gasteiger partial charge on any atom is -0.0622 e. The molecule has 10 rings (SSSR count). The van der Waals surface area contributed by atoms with Crippen molar-refractivity contribution in [2.75, 3.05) is 0 Å². The van der Waals surface area contributed by atoms with E-state index in [0.29, 0.717) is 0 Å². The number of hydrogen-bond donors (Lipinski definition) is 0. The van der Waals surface area contributed by atoms with Crippen LogP contribution in [0.1, 0.15) is 25.0 Å². The van der Waals surface area contributed by atoms with Crippen molar-refractivity contribution < 1.29 is 0 Å². The Balaban J connectivity index is 1.11. The van der Waals surface area contributed by atoms with Crippen molar-refractivity contribution in [2.45, 2.75) is 19.3 Å². The van der Waals surface area contributed by atoms with Crippen LogP contribution in [-0.2, 0) is 5.41 Å². The quantitative estimate of drug-likeness (QED) is 0.172. The van der Waals surface area contributed by atoms with E-state index in [-0.39, 0.29) is 5.41 Å². The van der Waals surface area contributed by atoms with Crippen molar-refractivity contribution in [2.24, 2.45) is 0 Å². The second kappa shape index (κ2) is 10.5. The molecular weight excluding hydrogens is 589 g/mol. The minimum atomic E-state index is -0.0980. The van der Waals surface area contributed by atoms with Gasteiger partial charge >= 0.3 is 0 Å². The highest BCUT2D eigenvalue weighted by atomic mass is 14.4. The first kappa shape index (κ1) is 28.1. The van der Waals surface area contributed by atoms with E-state index in [1.165, 1.54) is 98.7 Å². The lowest BCUT2D eigenvalue weighted by Gasteiger charge is -2.23. The van der Waals surface area contributed by atoms with E-state index in [9.17, 15) is 0 Å². The lowest BCUT2D eigenvalue weighted by molar-refractivity contribution is 0.661. The van der Waals surface area contributed by atoms with Gasteiger partial charge in [0.25, 0.3) is 0 Å². The molecule has 9 aromatic carbocycles. The van der Waals surface area contributed by atoms with Crippen LogP contribution in [0.2, 0.25) is 0 Å². The summed E-state index contributed by atoms with van der Waals surface area (Å²) in [5, 5.41) is 10.4. The molecule has 0 N–H and O–H groups in total. The molecule has 0 heteroatoms. The fraction of sp³-hybridized carbons (Fsp3) is 0.0612. The van der Waals surface area contributed by atoms with Gasteiger partial charge < -0.3 is 0 Å². The first-order valence-corrected chi connectivity index (χ1v) is 17.3. The standard InChI is InChI=1S/C49H34/c1-49(2)47-29-32(31-12-4-3-5-13-31)20-24-44(47)45-25-22-34(30-48(45)49)36-27-26-35(37-14-6-7-15-38(36)37)33-21-23-43-41-18-9-8-16-39(41)40-17-10-11-19-42(40)46(43)28-33/h3-30H,1-2H3. The second-order valence-corrected chi connectivity index (χ2v) is 14.1. The van der Waals surface area contributed by atoms with Crippen molar-refractivity contribution in [3.8, 4) is 44.5 Å². The lowest BCUT2D eigenvalue weighted by atomic mass is 9.80. The third kappa shape index (κ3) is 4.17. The van der Waals surface area contributed by atoms with Gasteiger partial charge in [-0.1, -0.05) is 166 Å². The molecule has 230 valence electrons. The molecule has 0 aromatic heterocycles. The van der Waals surface area contributed by atoms with Gasteiger partial charge in [0.05, 0.1) is 0 Å². The zero-order valence-electron chi connectivity index (χ0n) is 27.7. The predicted molar refractivity (Wildman–Crippen MR) is 210 cm³/mol. The fourth-order valence-electron chi connectivity index (χ4n) is 8.59. The molecule has 0 radical (unpaired) electrons. The molecule has 0 fully saturated rings. The molecule has 0 bridgehead atoms. The molecule has 0 saturated heterocycles. The Bertz CT molecular complexity index is 2750. The van der Waals surface area contributed by atoms with E-state index < -0.39 is 0 Å². The Morgan fingerprint density at radius 2 is 0.653 bits per heavy atom. The van der Waals surface area contributed by atoms with Crippen LogP contribution in [0, 0.1) is 0 Å². The summed E-state index contributed by atoms with van der Waals surface area (Å²) in [5.74, 6) is 0. The van der Waals surface area contributed by atoms with Gasteiger partial charge in [0.15, 0.2) is 0 Å². The summed E-state index contributed by atoms with van der Waals surface area (Å²) in [6, 6.07) is 63.1. The zero-order valence-corrected chi connectivity index (χ0v) is 27.7. The first-order chi connectivity index (χ1) is 24.1. The molecule has 1 aliphatic rings. The lowest BCUT2D eigenvalue weighted by Crippen LogP contribution is -2.15. The van der Waals surface area contributed by atoms with Gasteiger partial charge in [0.1, 0.15) is 0 Å². The minimum absolute atomic E-state index is 0.0980. The Labute approximate surface area is 286 Å². The molecule has 1 aliphatic carbocycles. The first-order valence-electron chi connectivity index (χ1n) is 17.3. The molecule has 49 heavy (non-hydrogen) atoms. The van der Waals surface area contributed by atoms with E-state index in [2.05, 4.69) is 184 Å². The van der Waals surface area contributed by atoms with E-state index in [1.807, 2.05) is 0 Å². The van der Waals surface area contributed by atoms with Crippen LogP contribution in [0.15, 0.2) is 170 Å². The smallest absolute Gasteiger partial charge is 0.0159 e.